The molecule has 0 atom stereocenters. The predicted octanol–water partition coefficient (Wildman–Crippen LogP) is 2.98. The second-order valence-corrected chi connectivity index (χ2v) is 7.83. The van der Waals surface area contributed by atoms with Gasteiger partial charge in [0, 0.05) is 56.4 Å². The normalized spacial score (nSPS) is 14.8. The van der Waals surface area contributed by atoms with Crippen molar-refractivity contribution in [2.24, 2.45) is 0 Å². The number of ether oxygens (including phenoxy) is 1. The summed E-state index contributed by atoms with van der Waals surface area (Å²) in [4.78, 5) is 28.3. The number of amides is 1. The lowest BCUT2D eigenvalue weighted by molar-refractivity contribution is -0.121. The van der Waals surface area contributed by atoms with E-state index < -0.39 is 0 Å². The zero-order valence-corrected chi connectivity index (χ0v) is 18.3. The van der Waals surface area contributed by atoms with Crippen LogP contribution in [0.1, 0.15) is 64.1 Å². The van der Waals surface area contributed by atoms with Gasteiger partial charge < -0.3 is 20.2 Å². The molecule has 3 rings (SSSR count). The number of aryl methyl sites for hydroxylation is 2. The van der Waals surface area contributed by atoms with Crippen LogP contribution in [-0.4, -0.2) is 45.7 Å². The average molecular weight is 416 g/mol. The third-order valence-corrected chi connectivity index (χ3v) is 5.57. The van der Waals surface area contributed by atoms with E-state index in [1.807, 2.05) is 10.9 Å². The fourth-order valence-electron chi connectivity index (χ4n) is 3.87. The fourth-order valence-corrected chi connectivity index (χ4v) is 3.87. The van der Waals surface area contributed by atoms with Crippen molar-refractivity contribution >= 4 is 28.4 Å². The van der Waals surface area contributed by atoms with E-state index in [0.717, 1.165) is 67.0 Å². The first-order valence-corrected chi connectivity index (χ1v) is 11.0. The fraction of sp³-hybridized carbons (Fsp3) is 0.636. The summed E-state index contributed by atoms with van der Waals surface area (Å²) in [6.45, 7) is 8.36. The number of fused-ring (bicyclic) bond motifs is 1. The number of aromatic nitrogens is 3. The van der Waals surface area contributed by atoms with Crippen molar-refractivity contribution in [3.63, 3.8) is 0 Å². The Labute approximate surface area is 177 Å². The number of ketones is 1. The minimum atomic E-state index is -0.0420. The number of nitrogens with one attached hydrogen (secondary N) is 2. The summed E-state index contributed by atoms with van der Waals surface area (Å²) in [6, 6.07) is 0.323. The first kappa shape index (κ1) is 22.2. The molecule has 0 unspecified atom stereocenters. The lowest BCUT2D eigenvalue weighted by Crippen LogP contribution is -2.30. The van der Waals surface area contributed by atoms with E-state index in [2.05, 4.69) is 29.6 Å². The highest BCUT2D eigenvalue weighted by atomic mass is 16.5. The van der Waals surface area contributed by atoms with E-state index in [-0.39, 0.29) is 11.7 Å². The maximum atomic E-state index is 12.3. The summed E-state index contributed by atoms with van der Waals surface area (Å²) >= 11 is 0. The third kappa shape index (κ3) is 5.36. The largest absolute Gasteiger partial charge is 0.381 e. The van der Waals surface area contributed by atoms with Crippen molar-refractivity contribution in [2.75, 3.05) is 18.5 Å². The predicted molar refractivity (Wildman–Crippen MR) is 116 cm³/mol. The number of hydrogen-bond acceptors (Lipinski definition) is 6. The molecule has 0 aliphatic carbocycles. The number of Topliss-reactive ketones (excluding diaryl/α,β-unsaturated/α-hetero) is 1. The van der Waals surface area contributed by atoms with Crippen molar-refractivity contribution in [3.8, 4) is 0 Å². The van der Waals surface area contributed by atoms with E-state index in [9.17, 15) is 9.59 Å². The van der Waals surface area contributed by atoms with Crippen molar-refractivity contribution in [1.29, 1.82) is 0 Å². The molecule has 3 heterocycles. The summed E-state index contributed by atoms with van der Waals surface area (Å²) in [6.07, 6.45) is 5.90. The van der Waals surface area contributed by atoms with Crippen LogP contribution in [0.15, 0.2) is 6.20 Å². The van der Waals surface area contributed by atoms with Gasteiger partial charge >= 0.3 is 0 Å². The molecule has 2 aromatic rings. The molecule has 164 valence electrons. The highest BCUT2D eigenvalue weighted by Crippen LogP contribution is 2.31. The Kier molecular flexibility index (Phi) is 7.79. The maximum absolute atomic E-state index is 12.3. The molecule has 0 bridgehead atoms. The van der Waals surface area contributed by atoms with E-state index in [1.165, 1.54) is 0 Å². The Morgan fingerprint density at radius 2 is 2.00 bits per heavy atom. The number of carbonyl (C=O) groups excluding carboxylic acids is 2. The number of nitrogens with zero attached hydrogens (tertiary/aromatic N) is 3. The van der Waals surface area contributed by atoms with Crippen LogP contribution in [-0.2, 0) is 33.8 Å². The quantitative estimate of drug-likeness (QED) is 0.619. The van der Waals surface area contributed by atoms with Crippen LogP contribution in [0.3, 0.4) is 0 Å². The highest BCUT2D eigenvalue weighted by Gasteiger charge is 2.21. The Morgan fingerprint density at radius 3 is 2.67 bits per heavy atom. The second kappa shape index (κ2) is 10.5. The Hall–Kier alpha value is -2.48. The van der Waals surface area contributed by atoms with Crippen molar-refractivity contribution in [1.82, 2.24) is 20.1 Å². The SMILES string of the molecule is CCc1nc2c(cnn2CC)c(NC2CCOCC2)c1CNC(=O)CCCC(C)=O. The molecule has 1 saturated heterocycles. The molecule has 1 aliphatic rings. The number of anilines is 1. The van der Waals surface area contributed by atoms with Crippen LogP contribution < -0.4 is 10.6 Å². The molecular weight excluding hydrogens is 382 g/mol. The van der Waals surface area contributed by atoms with Crippen LogP contribution in [0.25, 0.3) is 11.0 Å². The van der Waals surface area contributed by atoms with Crippen LogP contribution in [0.4, 0.5) is 5.69 Å². The van der Waals surface area contributed by atoms with E-state index in [0.29, 0.717) is 31.8 Å². The van der Waals surface area contributed by atoms with Gasteiger partial charge in [-0.2, -0.15) is 5.10 Å². The van der Waals surface area contributed by atoms with Crippen molar-refractivity contribution < 1.29 is 14.3 Å². The first-order valence-electron chi connectivity index (χ1n) is 11.0. The van der Waals surface area contributed by atoms with Gasteiger partial charge in [-0.05, 0) is 39.5 Å². The molecule has 2 N–H and O–H groups in total. The van der Waals surface area contributed by atoms with Crippen LogP contribution in [0.2, 0.25) is 0 Å². The van der Waals surface area contributed by atoms with Crippen LogP contribution >= 0.6 is 0 Å². The van der Waals surface area contributed by atoms with Gasteiger partial charge in [0.05, 0.1) is 17.3 Å². The van der Waals surface area contributed by atoms with Crippen LogP contribution in [0, 0.1) is 0 Å². The average Bonchev–Trinajstić information content (AvgIpc) is 3.16. The Bertz CT molecular complexity index is 887. The van der Waals surface area contributed by atoms with Gasteiger partial charge in [-0.25, -0.2) is 9.67 Å². The summed E-state index contributed by atoms with van der Waals surface area (Å²) in [5, 5.41) is 12.2. The zero-order valence-electron chi connectivity index (χ0n) is 18.3. The van der Waals surface area contributed by atoms with Gasteiger partial charge in [0.1, 0.15) is 5.78 Å². The molecule has 0 radical (unpaired) electrons. The van der Waals surface area contributed by atoms with E-state index in [1.54, 1.807) is 6.92 Å². The molecule has 0 saturated carbocycles. The molecular formula is C22H33N5O3. The summed E-state index contributed by atoms with van der Waals surface area (Å²) in [5.74, 6) is 0.0706. The molecule has 1 amide bonds. The van der Waals surface area contributed by atoms with Crippen molar-refractivity contribution in [3.05, 3.63) is 17.5 Å². The van der Waals surface area contributed by atoms with Gasteiger partial charge in [-0.3, -0.25) is 4.79 Å². The van der Waals surface area contributed by atoms with Gasteiger partial charge in [0.25, 0.3) is 0 Å². The molecule has 1 aliphatic heterocycles. The number of pyridine rings is 1. The third-order valence-electron chi connectivity index (χ3n) is 5.57. The Balaban J connectivity index is 1.87. The zero-order chi connectivity index (χ0) is 21.5. The van der Waals surface area contributed by atoms with E-state index >= 15 is 0 Å². The minimum Gasteiger partial charge on any atom is -0.381 e. The molecule has 1 fully saturated rings. The molecule has 0 spiro atoms. The molecule has 30 heavy (non-hydrogen) atoms. The smallest absolute Gasteiger partial charge is 0.220 e. The number of hydrogen-bond donors (Lipinski definition) is 2. The summed E-state index contributed by atoms with van der Waals surface area (Å²) in [5.41, 5.74) is 3.89. The molecule has 8 nitrogen and oxygen atoms in total. The van der Waals surface area contributed by atoms with Gasteiger partial charge in [-0.1, -0.05) is 6.92 Å². The van der Waals surface area contributed by atoms with Gasteiger partial charge in [0.15, 0.2) is 5.65 Å². The van der Waals surface area contributed by atoms with Crippen molar-refractivity contribution in [2.45, 2.75) is 78.4 Å². The number of rotatable bonds is 10. The monoisotopic (exact) mass is 415 g/mol. The topological polar surface area (TPSA) is 98.1 Å². The lowest BCUT2D eigenvalue weighted by Gasteiger charge is -2.26. The lowest BCUT2D eigenvalue weighted by atomic mass is 10.0. The van der Waals surface area contributed by atoms with E-state index in [4.69, 9.17) is 9.72 Å². The van der Waals surface area contributed by atoms with Crippen LogP contribution in [0.5, 0.6) is 0 Å². The summed E-state index contributed by atoms with van der Waals surface area (Å²) in [7, 11) is 0. The first-order chi connectivity index (χ1) is 14.5. The summed E-state index contributed by atoms with van der Waals surface area (Å²) < 4.78 is 7.42. The molecule has 0 aromatic carbocycles. The van der Waals surface area contributed by atoms with Gasteiger partial charge in [0.2, 0.25) is 5.91 Å². The molecule has 8 heteroatoms. The Morgan fingerprint density at radius 1 is 1.23 bits per heavy atom. The number of carbonyl (C=O) groups is 2. The molecule has 2 aromatic heterocycles. The maximum Gasteiger partial charge on any atom is 0.220 e. The highest BCUT2D eigenvalue weighted by molar-refractivity contribution is 5.92. The second-order valence-electron chi connectivity index (χ2n) is 7.83. The van der Waals surface area contributed by atoms with Gasteiger partial charge in [-0.15, -0.1) is 0 Å². The standard InChI is InChI=1S/C22H33N5O3/c1-4-19-17(13-23-20(29)8-6-7-15(3)28)21(25-16-9-11-30-12-10-16)18-14-24-27(5-2)22(18)26-19/h14,16H,4-13H2,1-3H3,(H,23,29)(H,25,26). The minimum absolute atomic E-state index is 0.0420.